The van der Waals surface area contributed by atoms with E-state index in [-0.39, 0.29) is 22.8 Å². The Morgan fingerprint density at radius 2 is 1.31 bits per heavy atom. The molecule has 1 saturated carbocycles. The average Bonchev–Trinajstić information content (AvgIpc) is 2.88. The SMILES string of the molecule is C/C=C\Oc1ccc(-c2ccc(-c3ccc(C4CCC(CCC)CC4)c(F)c3F)cc2)c(F)c1F. The summed E-state index contributed by atoms with van der Waals surface area (Å²) >= 11 is 0. The fraction of sp³-hybridized carbons (Fsp3) is 0.333. The highest BCUT2D eigenvalue weighted by molar-refractivity contribution is 5.72. The molecule has 0 atom stereocenters. The molecule has 0 saturated heterocycles. The first-order chi connectivity index (χ1) is 16.9. The van der Waals surface area contributed by atoms with Crippen LogP contribution >= 0.6 is 0 Å². The van der Waals surface area contributed by atoms with Gasteiger partial charge in [-0.3, -0.25) is 0 Å². The minimum atomic E-state index is -1.09. The maximum Gasteiger partial charge on any atom is 0.201 e. The molecule has 0 aliphatic heterocycles. The molecule has 35 heavy (non-hydrogen) atoms. The summed E-state index contributed by atoms with van der Waals surface area (Å²) in [5, 5.41) is 0. The van der Waals surface area contributed by atoms with Gasteiger partial charge in [-0.2, -0.15) is 4.39 Å². The molecule has 1 nitrogen and oxygen atoms in total. The summed E-state index contributed by atoms with van der Waals surface area (Å²) in [7, 11) is 0. The predicted molar refractivity (Wildman–Crippen MR) is 132 cm³/mol. The Morgan fingerprint density at radius 3 is 1.89 bits per heavy atom. The predicted octanol–water partition coefficient (Wildman–Crippen LogP) is 9.56. The summed E-state index contributed by atoms with van der Waals surface area (Å²) < 4.78 is 64.2. The lowest BCUT2D eigenvalue weighted by molar-refractivity contribution is 0.303. The fourth-order valence-electron chi connectivity index (χ4n) is 5.09. The van der Waals surface area contributed by atoms with Crippen LogP contribution in [0.15, 0.2) is 60.9 Å². The average molecular weight is 483 g/mol. The first-order valence-corrected chi connectivity index (χ1v) is 12.3. The second kappa shape index (κ2) is 11.1. The molecule has 0 radical (unpaired) electrons. The molecule has 1 aliphatic carbocycles. The van der Waals surface area contributed by atoms with E-state index in [9.17, 15) is 8.78 Å². The summed E-state index contributed by atoms with van der Waals surface area (Å²) in [6, 6.07) is 12.4. The zero-order valence-corrected chi connectivity index (χ0v) is 20.1. The lowest BCUT2D eigenvalue weighted by Gasteiger charge is -2.29. The van der Waals surface area contributed by atoms with Crippen LogP contribution in [0.1, 0.15) is 63.9 Å². The van der Waals surface area contributed by atoms with Gasteiger partial charge in [0.25, 0.3) is 0 Å². The maximum absolute atomic E-state index is 15.1. The third-order valence-electron chi connectivity index (χ3n) is 6.98. The Bertz CT molecular complexity index is 1190. The highest BCUT2D eigenvalue weighted by atomic mass is 19.2. The molecule has 0 heterocycles. The van der Waals surface area contributed by atoms with Gasteiger partial charge < -0.3 is 4.74 Å². The van der Waals surface area contributed by atoms with Crippen LogP contribution in [0.4, 0.5) is 17.6 Å². The highest BCUT2D eigenvalue weighted by Crippen LogP contribution is 2.40. The largest absolute Gasteiger partial charge is 0.462 e. The van der Waals surface area contributed by atoms with E-state index in [1.54, 1.807) is 49.4 Å². The molecule has 0 bridgehead atoms. The van der Waals surface area contributed by atoms with E-state index in [0.717, 1.165) is 32.1 Å². The van der Waals surface area contributed by atoms with E-state index in [1.807, 2.05) is 0 Å². The van der Waals surface area contributed by atoms with Crippen molar-refractivity contribution in [1.82, 2.24) is 0 Å². The van der Waals surface area contributed by atoms with Crippen molar-refractivity contribution < 1.29 is 22.3 Å². The molecule has 1 fully saturated rings. The van der Waals surface area contributed by atoms with Gasteiger partial charge >= 0.3 is 0 Å². The molecule has 0 spiro atoms. The first-order valence-electron chi connectivity index (χ1n) is 12.3. The van der Waals surface area contributed by atoms with Gasteiger partial charge in [-0.1, -0.05) is 62.2 Å². The number of rotatable bonds is 7. The second-order valence-electron chi connectivity index (χ2n) is 9.24. The number of halogens is 4. The van der Waals surface area contributed by atoms with Crippen molar-refractivity contribution in [3.8, 4) is 28.0 Å². The Labute approximate surface area is 204 Å². The van der Waals surface area contributed by atoms with Crippen molar-refractivity contribution in [1.29, 1.82) is 0 Å². The Hall–Kier alpha value is -3.08. The van der Waals surface area contributed by atoms with Crippen LogP contribution in [0.25, 0.3) is 22.3 Å². The smallest absolute Gasteiger partial charge is 0.201 e. The quantitative estimate of drug-likeness (QED) is 0.241. The molecule has 0 unspecified atom stereocenters. The van der Waals surface area contributed by atoms with E-state index in [2.05, 4.69) is 6.92 Å². The first kappa shape index (κ1) is 25.0. The molecule has 3 aromatic carbocycles. The molecule has 0 N–H and O–H groups in total. The molecule has 0 amide bonds. The van der Waals surface area contributed by atoms with Crippen LogP contribution in [0, 0.1) is 29.2 Å². The summed E-state index contributed by atoms with van der Waals surface area (Å²) in [6.45, 7) is 3.88. The van der Waals surface area contributed by atoms with E-state index in [4.69, 9.17) is 4.74 Å². The van der Waals surface area contributed by atoms with Crippen LogP contribution in [0.2, 0.25) is 0 Å². The normalized spacial score (nSPS) is 18.2. The third-order valence-corrected chi connectivity index (χ3v) is 6.98. The monoisotopic (exact) mass is 482 g/mol. The molecular formula is C30H30F4O. The minimum Gasteiger partial charge on any atom is -0.462 e. The van der Waals surface area contributed by atoms with Crippen molar-refractivity contribution >= 4 is 0 Å². The van der Waals surface area contributed by atoms with Gasteiger partial charge in [0.05, 0.1) is 6.26 Å². The minimum absolute atomic E-state index is 0.0478. The Morgan fingerprint density at radius 1 is 0.743 bits per heavy atom. The number of ether oxygens (including phenoxy) is 1. The van der Waals surface area contributed by atoms with Crippen molar-refractivity contribution in [3.05, 3.63) is 89.7 Å². The zero-order valence-electron chi connectivity index (χ0n) is 20.1. The maximum atomic E-state index is 15.1. The fourth-order valence-corrected chi connectivity index (χ4v) is 5.09. The molecule has 4 rings (SSSR count). The van der Waals surface area contributed by atoms with Crippen LogP contribution in [-0.2, 0) is 0 Å². The van der Waals surface area contributed by atoms with E-state index < -0.39 is 23.3 Å². The molecule has 184 valence electrons. The number of hydrogen-bond acceptors (Lipinski definition) is 1. The summed E-state index contributed by atoms with van der Waals surface area (Å²) in [5.41, 5.74) is 1.55. The van der Waals surface area contributed by atoms with Gasteiger partial charge in [0.15, 0.2) is 23.2 Å². The van der Waals surface area contributed by atoms with Crippen molar-refractivity contribution in [3.63, 3.8) is 0 Å². The summed E-state index contributed by atoms with van der Waals surface area (Å²) in [6.07, 6.45) is 9.07. The van der Waals surface area contributed by atoms with Crippen LogP contribution in [0.3, 0.4) is 0 Å². The molecule has 1 aliphatic rings. The molecular weight excluding hydrogens is 452 g/mol. The second-order valence-corrected chi connectivity index (χ2v) is 9.24. The van der Waals surface area contributed by atoms with Gasteiger partial charge in [0, 0.05) is 11.1 Å². The van der Waals surface area contributed by atoms with Crippen molar-refractivity contribution in [2.24, 2.45) is 5.92 Å². The number of hydrogen-bond donors (Lipinski definition) is 0. The lowest BCUT2D eigenvalue weighted by atomic mass is 9.77. The van der Waals surface area contributed by atoms with Gasteiger partial charge in [-0.05, 0) is 73.3 Å². The van der Waals surface area contributed by atoms with Crippen LogP contribution in [0.5, 0.6) is 5.75 Å². The zero-order chi connectivity index (χ0) is 24.9. The molecule has 0 aromatic heterocycles. The molecule has 5 heteroatoms. The number of allylic oxidation sites excluding steroid dienone is 1. The van der Waals surface area contributed by atoms with E-state index >= 15 is 8.78 Å². The van der Waals surface area contributed by atoms with Crippen LogP contribution < -0.4 is 4.74 Å². The number of benzene rings is 3. The van der Waals surface area contributed by atoms with Gasteiger partial charge in [-0.25, -0.2) is 13.2 Å². The molecule has 3 aromatic rings. The summed E-state index contributed by atoms with van der Waals surface area (Å²) in [4.78, 5) is 0. The van der Waals surface area contributed by atoms with Gasteiger partial charge in [0.1, 0.15) is 0 Å². The van der Waals surface area contributed by atoms with Crippen molar-refractivity contribution in [2.75, 3.05) is 0 Å². The van der Waals surface area contributed by atoms with Gasteiger partial charge in [-0.15, -0.1) is 0 Å². The third kappa shape index (κ3) is 5.29. The topological polar surface area (TPSA) is 9.23 Å². The standard InChI is InChI=1S/C30H30F4O/c1-3-5-19-6-8-20(9-7-19)23-14-15-24(28(32)27(23)31)21-10-12-22(13-11-21)25-16-17-26(35-18-4-2)30(34)29(25)33/h4,10-20H,3,5-9H2,1-2H3/b18-4-. The van der Waals surface area contributed by atoms with E-state index in [1.165, 1.54) is 24.8 Å². The van der Waals surface area contributed by atoms with Gasteiger partial charge in [0.2, 0.25) is 5.82 Å². The van der Waals surface area contributed by atoms with E-state index in [0.29, 0.717) is 22.6 Å². The highest BCUT2D eigenvalue weighted by Gasteiger charge is 2.26. The Balaban J connectivity index is 1.55. The lowest BCUT2D eigenvalue weighted by Crippen LogP contribution is -2.14. The van der Waals surface area contributed by atoms with Crippen molar-refractivity contribution in [2.45, 2.75) is 58.3 Å². The van der Waals surface area contributed by atoms with Crippen LogP contribution in [-0.4, -0.2) is 0 Å². The Kier molecular flexibility index (Phi) is 7.94. The summed E-state index contributed by atoms with van der Waals surface area (Å²) in [5.74, 6) is -3.24.